The molecule has 0 amide bonds. The van der Waals surface area contributed by atoms with Gasteiger partial charge in [0.05, 0.1) is 11.9 Å². The lowest BCUT2D eigenvalue weighted by molar-refractivity contribution is 0.0216. The fourth-order valence-corrected chi connectivity index (χ4v) is 6.41. The summed E-state index contributed by atoms with van der Waals surface area (Å²) in [4.78, 5) is 2.58. The van der Waals surface area contributed by atoms with Gasteiger partial charge in [-0.3, -0.25) is 4.21 Å². The van der Waals surface area contributed by atoms with Crippen LogP contribution in [0.2, 0.25) is 0 Å². The molecule has 0 radical (unpaired) electrons. The molecule has 0 saturated heterocycles. The molecule has 0 bridgehead atoms. The Balaban J connectivity index is 2.36. The molecule has 0 aliphatic carbocycles. The molecule has 0 aliphatic rings. The zero-order valence-electron chi connectivity index (χ0n) is 19.8. The first kappa shape index (κ1) is 25.1. The van der Waals surface area contributed by atoms with Crippen molar-refractivity contribution in [3.63, 3.8) is 0 Å². The number of hydrogen-bond donors (Lipinski definition) is 1. The Hall–Kier alpha value is -1.17. The molecule has 0 fully saturated rings. The lowest BCUT2D eigenvalue weighted by atomic mass is 9.74. The van der Waals surface area contributed by atoms with Crippen molar-refractivity contribution in [2.75, 3.05) is 12.9 Å². The summed E-state index contributed by atoms with van der Waals surface area (Å²) in [6.45, 7) is 15.0. The molecule has 1 aromatic carbocycles. The molecule has 0 aliphatic heterocycles. The smallest absolute Gasteiger partial charge is 0.122 e. The number of aryl methyl sites for hydroxylation is 2. The van der Waals surface area contributed by atoms with Crippen LogP contribution in [0.3, 0.4) is 0 Å². The number of aliphatic hydroxyl groups is 1. The number of aliphatic hydroxyl groups excluding tert-OH is 1. The minimum atomic E-state index is -0.835. The number of ether oxygens (including phenoxy) is 1. The maximum Gasteiger partial charge on any atom is 0.122 e. The van der Waals surface area contributed by atoms with Crippen molar-refractivity contribution in [1.82, 2.24) is 0 Å². The Morgan fingerprint density at radius 2 is 1.73 bits per heavy atom. The normalized spacial score (nSPS) is 14.6. The second-order valence-electron chi connectivity index (χ2n) is 9.40. The summed E-state index contributed by atoms with van der Waals surface area (Å²) < 4.78 is 17.7. The second kappa shape index (κ2) is 9.97. The van der Waals surface area contributed by atoms with Crippen LogP contribution in [0.4, 0.5) is 0 Å². The van der Waals surface area contributed by atoms with Crippen LogP contribution in [0, 0.1) is 19.3 Å². The molecule has 2 aromatic rings. The van der Waals surface area contributed by atoms with Crippen molar-refractivity contribution in [3.8, 4) is 5.75 Å². The third-order valence-electron chi connectivity index (χ3n) is 6.16. The Labute approximate surface area is 189 Å². The summed E-state index contributed by atoms with van der Waals surface area (Å²) >= 11 is 1.81. The third-order valence-corrected chi connectivity index (χ3v) is 8.48. The van der Waals surface area contributed by atoms with E-state index in [4.69, 9.17) is 4.74 Å². The first-order valence-corrected chi connectivity index (χ1v) is 13.3. The summed E-state index contributed by atoms with van der Waals surface area (Å²) in [5, 5.41) is 10.3. The highest BCUT2D eigenvalue weighted by Crippen LogP contribution is 2.44. The Morgan fingerprint density at radius 3 is 2.23 bits per heavy atom. The summed E-state index contributed by atoms with van der Waals surface area (Å²) in [5.41, 5.74) is 3.35. The average molecular weight is 451 g/mol. The van der Waals surface area contributed by atoms with E-state index in [0.717, 1.165) is 24.2 Å². The summed E-state index contributed by atoms with van der Waals surface area (Å²) in [6.07, 6.45) is 3.25. The monoisotopic (exact) mass is 450 g/mol. The van der Waals surface area contributed by atoms with E-state index in [1.54, 1.807) is 6.26 Å². The first-order chi connectivity index (χ1) is 13.9. The maximum absolute atomic E-state index is 11.8. The second-order valence-corrected chi connectivity index (χ2v) is 12.0. The molecule has 1 heterocycles. The predicted molar refractivity (Wildman–Crippen MR) is 130 cm³/mol. The van der Waals surface area contributed by atoms with Gasteiger partial charge in [-0.15, -0.1) is 11.3 Å². The predicted octanol–water partition coefficient (Wildman–Crippen LogP) is 6.14. The van der Waals surface area contributed by atoms with Crippen molar-refractivity contribution in [2.24, 2.45) is 5.41 Å². The quantitative estimate of drug-likeness (QED) is 0.499. The van der Waals surface area contributed by atoms with Crippen molar-refractivity contribution >= 4 is 22.1 Å². The van der Waals surface area contributed by atoms with Crippen LogP contribution in [0.5, 0.6) is 5.75 Å². The molecule has 2 unspecified atom stereocenters. The minimum absolute atomic E-state index is 0.0584. The molecule has 0 saturated carbocycles. The zero-order valence-corrected chi connectivity index (χ0v) is 21.4. The molecule has 5 heteroatoms. The van der Waals surface area contributed by atoms with E-state index in [0.29, 0.717) is 5.75 Å². The van der Waals surface area contributed by atoms with Crippen LogP contribution in [-0.2, 0) is 22.0 Å². The van der Waals surface area contributed by atoms with E-state index < -0.39 is 16.9 Å². The highest BCUT2D eigenvalue weighted by atomic mass is 32.2. The van der Waals surface area contributed by atoms with E-state index in [9.17, 15) is 9.32 Å². The summed E-state index contributed by atoms with van der Waals surface area (Å²) in [6, 6.07) is 8.74. The van der Waals surface area contributed by atoms with E-state index >= 15 is 0 Å². The topological polar surface area (TPSA) is 46.5 Å². The summed E-state index contributed by atoms with van der Waals surface area (Å²) in [7, 11) is -0.835. The molecule has 1 N–H and O–H groups in total. The minimum Gasteiger partial charge on any atom is -0.491 e. The van der Waals surface area contributed by atoms with Gasteiger partial charge in [0.2, 0.25) is 0 Å². The van der Waals surface area contributed by atoms with E-state index in [1.165, 1.54) is 20.9 Å². The van der Waals surface area contributed by atoms with Crippen LogP contribution in [0.15, 0.2) is 24.3 Å². The van der Waals surface area contributed by atoms with Gasteiger partial charge in [0, 0.05) is 32.2 Å². The Morgan fingerprint density at radius 1 is 1.10 bits per heavy atom. The number of benzene rings is 1. The molecular formula is C25H38O3S2. The van der Waals surface area contributed by atoms with Crippen molar-refractivity contribution in [2.45, 2.75) is 78.6 Å². The van der Waals surface area contributed by atoms with Crippen molar-refractivity contribution < 1.29 is 14.1 Å². The van der Waals surface area contributed by atoms with Gasteiger partial charge < -0.3 is 9.84 Å². The Kier molecular flexibility index (Phi) is 8.34. The molecule has 168 valence electrons. The highest BCUT2D eigenvalue weighted by Gasteiger charge is 2.33. The maximum atomic E-state index is 11.8. The van der Waals surface area contributed by atoms with E-state index in [1.807, 2.05) is 38.2 Å². The number of rotatable bonds is 9. The number of hydrogen-bond acceptors (Lipinski definition) is 4. The molecule has 2 atom stereocenters. The third kappa shape index (κ3) is 5.54. The van der Waals surface area contributed by atoms with E-state index in [-0.39, 0.29) is 17.4 Å². The van der Waals surface area contributed by atoms with Crippen LogP contribution >= 0.6 is 11.3 Å². The van der Waals surface area contributed by atoms with Gasteiger partial charge in [-0.2, -0.15) is 0 Å². The molecule has 30 heavy (non-hydrogen) atoms. The van der Waals surface area contributed by atoms with Gasteiger partial charge >= 0.3 is 0 Å². The molecule has 3 nitrogen and oxygen atoms in total. The largest absolute Gasteiger partial charge is 0.491 e. The Bertz CT molecular complexity index is 873. The number of thiophene rings is 1. The van der Waals surface area contributed by atoms with Crippen molar-refractivity contribution in [3.05, 3.63) is 50.7 Å². The van der Waals surface area contributed by atoms with Crippen LogP contribution in [0.25, 0.3) is 0 Å². The molecule has 2 rings (SSSR count). The highest BCUT2D eigenvalue weighted by molar-refractivity contribution is 7.83. The molecule has 1 aromatic heterocycles. The van der Waals surface area contributed by atoms with Gasteiger partial charge in [-0.05, 0) is 60.9 Å². The van der Waals surface area contributed by atoms with Gasteiger partial charge in [0.1, 0.15) is 12.4 Å². The average Bonchev–Trinajstić information content (AvgIpc) is 3.01. The van der Waals surface area contributed by atoms with Crippen LogP contribution < -0.4 is 4.74 Å². The van der Waals surface area contributed by atoms with Gasteiger partial charge in [-0.25, -0.2) is 0 Å². The first-order valence-electron chi connectivity index (χ1n) is 10.8. The van der Waals surface area contributed by atoms with E-state index in [2.05, 4.69) is 45.9 Å². The van der Waals surface area contributed by atoms with Gasteiger partial charge in [0.25, 0.3) is 0 Å². The van der Waals surface area contributed by atoms with Crippen molar-refractivity contribution in [1.29, 1.82) is 0 Å². The lowest BCUT2D eigenvalue weighted by Gasteiger charge is -2.32. The molecular weight excluding hydrogens is 412 g/mol. The zero-order chi connectivity index (χ0) is 22.7. The SMILES string of the molecule is CCC(CC)(c1ccc(OCC(O)C(C)(C)C)c(C)c1)c1cc(C)c(CS(C)=O)s1. The fourth-order valence-electron chi connectivity index (χ4n) is 3.76. The van der Waals surface area contributed by atoms with Crippen LogP contribution in [-0.4, -0.2) is 28.3 Å². The van der Waals surface area contributed by atoms with Gasteiger partial charge in [0.15, 0.2) is 0 Å². The fraction of sp³-hybridized carbons (Fsp3) is 0.600. The van der Waals surface area contributed by atoms with Crippen LogP contribution in [0.1, 0.15) is 73.9 Å². The summed E-state index contributed by atoms with van der Waals surface area (Å²) in [5.74, 6) is 1.45. The molecule has 0 spiro atoms. The standard InChI is InChI=1S/C25H38O3S2/c1-9-25(10-2,23-14-18(4)21(29-23)16-30(8)27)19-11-12-20(17(3)13-19)28-15-22(26)24(5,6)7/h11-14,22,26H,9-10,15-16H2,1-8H3. The van der Waals surface area contributed by atoms with Gasteiger partial charge in [-0.1, -0.05) is 46.8 Å². The lowest BCUT2D eigenvalue weighted by Crippen LogP contribution is -2.32.